The highest BCUT2D eigenvalue weighted by Gasteiger charge is 2.21. The first-order valence-electron chi connectivity index (χ1n) is 9.89. The van der Waals surface area contributed by atoms with Gasteiger partial charge in [0.2, 0.25) is 0 Å². The number of piperidine rings is 1. The summed E-state index contributed by atoms with van der Waals surface area (Å²) in [6.07, 6.45) is 5.52. The molecular formula is C22H23F2N5O. The van der Waals surface area contributed by atoms with Gasteiger partial charge in [-0.1, -0.05) is 0 Å². The standard InChI is InChI=1S/C22H23F2N5O/c1-15-12-20(28-21(26-15)16-4-2-10-25-13-16)27-17-5-3-11-29(14-17)18-6-8-19(9-7-18)30-22(23)24/h2,4,6-10,12-13,17,22H,3,5,11,14H2,1H3,(H,26,27,28). The molecule has 0 aliphatic carbocycles. The van der Waals surface area contributed by atoms with Gasteiger partial charge in [0.15, 0.2) is 5.82 Å². The van der Waals surface area contributed by atoms with Crippen molar-refractivity contribution in [1.82, 2.24) is 15.0 Å². The lowest BCUT2D eigenvalue weighted by Gasteiger charge is -2.35. The lowest BCUT2D eigenvalue weighted by Crippen LogP contribution is -2.42. The minimum absolute atomic E-state index is 0.167. The smallest absolute Gasteiger partial charge is 0.387 e. The third-order valence-corrected chi connectivity index (χ3v) is 4.97. The van der Waals surface area contributed by atoms with Crippen LogP contribution >= 0.6 is 0 Å². The van der Waals surface area contributed by atoms with Gasteiger partial charge in [-0.25, -0.2) is 9.97 Å². The Morgan fingerprint density at radius 1 is 1.17 bits per heavy atom. The van der Waals surface area contributed by atoms with Crippen LogP contribution in [0.15, 0.2) is 54.9 Å². The molecule has 1 unspecified atom stereocenters. The molecule has 1 aliphatic heterocycles. The quantitative estimate of drug-likeness (QED) is 0.643. The van der Waals surface area contributed by atoms with Crippen molar-refractivity contribution in [2.24, 2.45) is 0 Å². The second kappa shape index (κ2) is 9.02. The molecule has 3 heterocycles. The molecule has 0 saturated carbocycles. The number of anilines is 2. The van der Waals surface area contributed by atoms with Crippen LogP contribution in [-0.2, 0) is 0 Å². The van der Waals surface area contributed by atoms with Crippen molar-refractivity contribution in [3.8, 4) is 17.1 Å². The number of ether oxygens (including phenoxy) is 1. The number of hydrogen-bond acceptors (Lipinski definition) is 6. The highest BCUT2D eigenvalue weighted by molar-refractivity contribution is 5.56. The van der Waals surface area contributed by atoms with Crippen molar-refractivity contribution in [1.29, 1.82) is 0 Å². The van der Waals surface area contributed by atoms with Crippen molar-refractivity contribution in [2.45, 2.75) is 32.4 Å². The van der Waals surface area contributed by atoms with Crippen LogP contribution in [0.2, 0.25) is 0 Å². The van der Waals surface area contributed by atoms with Crippen LogP contribution in [0.25, 0.3) is 11.4 Å². The summed E-state index contributed by atoms with van der Waals surface area (Å²) in [5.41, 5.74) is 2.74. The van der Waals surface area contributed by atoms with E-state index in [0.717, 1.165) is 48.7 Å². The Hall–Kier alpha value is -3.29. The molecule has 8 heteroatoms. The normalized spacial score (nSPS) is 16.5. The third kappa shape index (κ3) is 5.00. The number of nitrogens with zero attached hydrogens (tertiary/aromatic N) is 4. The molecule has 4 rings (SSSR count). The number of halogens is 2. The number of hydrogen-bond donors (Lipinski definition) is 1. The van der Waals surface area contributed by atoms with E-state index in [9.17, 15) is 8.78 Å². The van der Waals surface area contributed by atoms with Crippen LogP contribution in [0, 0.1) is 6.92 Å². The summed E-state index contributed by atoms with van der Waals surface area (Å²) in [6.45, 7) is 0.840. The fourth-order valence-electron chi connectivity index (χ4n) is 3.64. The molecular weight excluding hydrogens is 388 g/mol. The monoisotopic (exact) mass is 411 g/mol. The number of pyridine rings is 1. The molecule has 1 aromatic carbocycles. The van der Waals surface area contributed by atoms with Crippen LogP contribution < -0.4 is 15.0 Å². The van der Waals surface area contributed by atoms with Gasteiger partial charge in [-0.3, -0.25) is 4.98 Å². The highest BCUT2D eigenvalue weighted by atomic mass is 19.3. The third-order valence-electron chi connectivity index (χ3n) is 4.97. The van der Waals surface area contributed by atoms with Crippen LogP contribution in [0.4, 0.5) is 20.3 Å². The molecule has 156 valence electrons. The van der Waals surface area contributed by atoms with Gasteiger partial charge in [0.25, 0.3) is 0 Å². The lowest BCUT2D eigenvalue weighted by atomic mass is 10.0. The zero-order valence-electron chi connectivity index (χ0n) is 16.6. The summed E-state index contributed by atoms with van der Waals surface area (Å²) in [6, 6.07) is 12.7. The van der Waals surface area contributed by atoms with E-state index < -0.39 is 6.61 Å². The largest absolute Gasteiger partial charge is 0.435 e. The summed E-state index contributed by atoms with van der Waals surface area (Å²) in [4.78, 5) is 15.6. The molecule has 1 N–H and O–H groups in total. The molecule has 0 spiro atoms. The maximum atomic E-state index is 12.3. The van der Waals surface area contributed by atoms with Gasteiger partial charge < -0.3 is 15.0 Å². The molecule has 1 atom stereocenters. The minimum Gasteiger partial charge on any atom is -0.435 e. The second-order valence-electron chi connectivity index (χ2n) is 7.26. The summed E-state index contributed by atoms with van der Waals surface area (Å²) < 4.78 is 29.1. The molecule has 30 heavy (non-hydrogen) atoms. The molecule has 1 saturated heterocycles. The van der Waals surface area contributed by atoms with Gasteiger partial charge in [0, 0.05) is 54.5 Å². The maximum Gasteiger partial charge on any atom is 0.387 e. The van der Waals surface area contributed by atoms with Crippen LogP contribution in [-0.4, -0.2) is 40.7 Å². The minimum atomic E-state index is -2.81. The number of rotatable bonds is 6. The van der Waals surface area contributed by atoms with E-state index in [0.29, 0.717) is 5.82 Å². The van der Waals surface area contributed by atoms with E-state index >= 15 is 0 Å². The van der Waals surface area contributed by atoms with Crippen LogP contribution in [0.5, 0.6) is 5.75 Å². The average molecular weight is 411 g/mol. The van der Waals surface area contributed by atoms with Gasteiger partial charge in [0.05, 0.1) is 0 Å². The molecule has 1 fully saturated rings. The molecule has 6 nitrogen and oxygen atoms in total. The van der Waals surface area contributed by atoms with Crippen molar-refractivity contribution in [2.75, 3.05) is 23.3 Å². The second-order valence-corrected chi connectivity index (χ2v) is 7.26. The van der Waals surface area contributed by atoms with Crippen molar-refractivity contribution in [3.05, 3.63) is 60.6 Å². The average Bonchev–Trinajstić information content (AvgIpc) is 2.74. The number of alkyl halides is 2. The van der Waals surface area contributed by atoms with Crippen LogP contribution in [0.3, 0.4) is 0 Å². The molecule has 0 bridgehead atoms. The summed E-state index contributed by atoms with van der Waals surface area (Å²) in [5.74, 6) is 1.60. The van der Waals surface area contributed by atoms with Gasteiger partial charge in [0.1, 0.15) is 11.6 Å². The van der Waals surface area contributed by atoms with Gasteiger partial charge in [-0.15, -0.1) is 0 Å². The van der Waals surface area contributed by atoms with E-state index in [1.165, 1.54) is 0 Å². The SMILES string of the molecule is Cc1cc(NC2CCCN(c3ccc(OC(F)F)cc3)C2)nc(-c2cccnc2)n1. The maximum absolute atomic E-state index is 12.3. The topological polar surface area (TPSA) is 63.2 Å². The first kappa shape index (κ1) is 20.0. The van der Waals surface area contributed by atoms with Gasteiger partial charge >= 0.3 is 6.61 Å². The predicted molar refractivity (Wildman–Crippen MR) is 112 cm³/mol. The van der Waals surface area contributed by atoms with E-state index in [2.05, 4.69) is 29.9 Å². The summed E-state index contributed by atoms with van der Waals surface area (Å²) >= 11 is 0. The molecule has 1 aliphatic rings. The van der Waals surface area contributed by atoms with Gasteiger partial charge in [-0.05, 0) is 56.2 Å². The van der Waals surface area contributed by atoms with Crippen LogP contribution in [0.1, 0.15) is 18.5 Å². The molecule has 2 aromatic heterocycles. The lowest BCUT2D eigenvalue weighted by molar-refractivity contribution is -0.0498. The Kier molecular flexibility index (Phi) is 6.02. The number of benzene rings is 1. The van der Waals surface area contributed by atoms with E-state index in [1.807, 2.05) is 37.3 Å². The zero-order valence-corrected chi connectivity index (χ0v) is 16.6. The zero-order chi connectivity index (χ0) is 20.9. The number of aryl methyl sites for hydroxylation is 1. The first-order valence-corrected chi connectivity index (χ1v) is 9.89. The first-order chi connectivity index (χ1) is 14.6. The Balaban J connectivity index is 1.45. The molecule has 0 amide bonds. The Labute approximate surface area is 174 Å². The fourth-order valence-corrected chi connectivity index (χ4v) is 3.64. The van der Waals surface area contributed by atoms with Gasteiger partial charge in [-0.2, -0.15) is 8.78 Å². The van der Waals surface area contributed by atoms with E-state index in [-0.39, 0.29) is 11.8 Å². The Morgan fingerprint density at radius 2 is 2.00 bits per heavy atom. The molecule has 3 aromatic rings. The van der Waals surface area contributed by atoms with Crippen molar-refractivity contribution >= 4 is 11.5 Å². The van der Waals surface area contributed by atoms with Crippen molar-refractivity contribution < 1.29 is 13.5 Å². The highest BCUT2D eigenvalue weighted by Crippen LogP contribution is 2.25. The Morgan fingerprint density at radius 3 is 2.73 bits per heavy atom. The van der Waals surface area contributed by atoms with Crippen molar-refractivity contribution in [3.63, 3.8) is 0 Å². The predicted octanol–water partition coefficient (Wildman–Crippen LogP) is 4.53. The number of nitrogens with one attached hydrogen (secondary N) is 1. The summed E-state index contributed by atoms with van der Waals surface area (Å²) in [5, 5.41) is 3.53. The summed E-state index contributed by atoms with van der Waals surface area (Å²) in [7, 11) is 0. The fraction of sp³-hybridized carbons (Fsp3) is 0.318. The van der Waals surface area contributed by atoms with E-state index in [1.54, 1.807) is 24.5 Å². The Bertz CT molecular complexity index is 969. The number of aromatic nitrogens is 3. The van der Waals surface area contributed by atoms with E-state index in [4.69, 9.17) is 0 Å². The molecule has 0 radical (unpaired) electrons.